The highest BCUT2D eigenvalue weighted by molar-refractivity contribution is 5.88. The fourth-order valence-corrected chi connectivity index (χ4v) is 1.88. The van der Waals surface area contributed by atoms with E-state index >= 15 is 0 Å². The number of ether oxygens (including phenoxy) is 3. The highest BCUT2D eigenvalue weighted by atomic mass is 16.7. The lowest BCUT2D eigenvalue weighted by atomic mass is 10.1. The minimum Gasteiger partial charge on any atom is -0.430 e. The zero-order chi connectivity index (χ0) is 18.2. The molecule has 2 rings (SSSR count). The fourth-order valence-electron chi connectivity index (χ4n) is 1.88. The maximum Gasteiger partial charge on any atom is 0.514 e. The highest BCUT2D eigenvalue weighted by Gasteiger charge is 2.07. The molecule has 0 amide bonds. The summed E-state index contributed by atoms with van der Waals surface area (Å²) in [5.74, 6) is 0.365. The molecule has 128 valence electrons. The first-order valence-electron chi connectivity index (χ1n) is 7.53. The Hall–Kier alpha value is -3.34. The van der Waals surface area contributed by atoms with E-state index in [9.17, 15) is 9.59 Å². The summed E-state index contributed by atoms with van der Waals surface area (Å²) in [6.07, 6.45) is 0.679. The molecule has 0 aliphatic heterocycles. The molecule has 0 heterocycles. The zero-order valence-corrected chi connectivity index (χ0v) is 13.9. The van der Waals surface area contributed by atoms with Gasteiger partial charge < -0.3 is 14.2 Å². The number of rotatable bonds is 6. The van der Waals surface area contributed by atoms with Gasteiger partial charge in [0, 0.05) is 5.57 Å². The highest BCUT2D eigenvalue weighted by Crippen LogP contribution is 2.25. The van der Waals surface area contributed by atoms with Gasteiger partial charge in [0.25, 0.3) is 0 Å². The summed E-state index contributed by atoms with van der Waals surface area (Å²) >= 11 is 0. The first-order valence-corrected chi connectivity index (χ1v) is 7.53. The Balaban J connectivity index is 2.02. The van der Waals surface area contributed by atoms with Crippen molar-refractivity contribution in [3.05, 3.63) is 73.3 Å². The van der Waals surface area contributed by atoms with Crippen molar-refractivity contribution in [3.8, 4) is 22.6 Å². The van der Waals surface area contributed by atoms with Gasteiger partial charge in [-0.2, -0.15) is 0 Å². The normalized spacial score (nSPS) is 9.80. The minimum atomic E-state index is -0.781. The van der Waals surface area contributed by atoms with Crippen molar-refractivity contribution in [1.29, 1.82) is 0 Å². The molecule has 5 heteroatoms. The monoisotopic (exact) mass is 338 g/mol. The molecule has 5 nitrogen and oxygen atoms in total. The van der Waals surface area contributed by atoms with Crippen LogP contribution >= 0.6 is 0 Å². The number of hydrogen-bond donors (Lipinski definition) is 0. The molecule has 0 saturated carbocycles. The van der Waals surface area contributed by atoms with E-state index in [0.29, 0.717) is 17.1 Å². The van der Waals surface area contributed by atoms with E-state index in [4.69, 9.17) is 14.2 Å². The Bertz CT molecular complexity index is 773. The second kappa shape index (κ2) is 8.49. The van der Waals surface area contributed by atoms with Crippen LogP contribution in [0.2, 0.25) is 0 Å². The number of benzene rings is 2. The first-order chi connectivity index (χ1) is 12.0. The summed E-state index contributed by atoms with van der Waals surface area (Å²) in [5.41, 5.74) is 2.19. The van der Waals surface area contributed by atoms with Crippen molar-refractivity contribution >= 4 is 12.1 Å². The van der Waals surface area contributed by atoms with E-state index in [1.165, 1.54) is 6.08 Å². The third-order valence-electron chi connectivity index (χ3n) is 3.12. The summed E-state index contributed by atoms with van der Waals surface area (Å²) in [4.78, 5) is 22.8. The van der Waals surface area contributed by atoms with Gasteiger partial charge in [0.05, 0.1) is 0 Å². The van der Waals surface area contributed by atoms with Crippen LogP contribution in [0.15, 0.2) is 73.3 Å². The van der Waals surface area contributed by atoms with Crippen LogP contribution in [0, 0.1) is 0 Å². The maximum atomic E-state index is 11.5. The molecule has 0 N–H and O–H groups in total. The van der Waals surface area contributed by atoms with Crippen molar-refractivity contribution in [2.45, 2.75) is 6.92 Å². The van der Waals surface area contributed by atoms with Gasteiger partial charge in [-0.3, -0.25) is 0 Å². The molecule has 0 aromatic heterocycles. The van der Waals surface area contributed by atoms with Gasteiger partial charge >= 0.3 is 12.1 Å². The van der Waals surface area contributed by atoms with Gasteiger partial charge in [0.2, 0.25) is 0 Å². The summed E-state index contributed by atoms with van der Waals surface area (Å²) in [6.45, 7) is 8.68. The van der Waals surface area contributed by atoms with Crippen LogP contribution in [-0.4, -0.2) is 18.7 Å². The number of hydrogen-bond acceptors (Lipinski definition) is 5. The molecule has 0 saturated heterocycles. The minimum absolute atomic E-state index is 0.0964. The van der Waals surface area contributed by atoms with Gasteiger partial charge in [0.15, 0.2) is 0 Å². The number of esters is 1. The molecule has 0 atom stereocenters. The number of carbonyl (C=O) groups excluding carboxylic acids is 2. The van der Waals surface area contributed by atoms with Crippen LogP contribution in [0.5, 0.6) is 11.5 Å². The predicted molar refractivity (Wildman–Crippen MR) is 94.5 cm³/mol. The zero-order valence-electron chi connectivity index (χ0n) is 13.9. The van der Waals surface area contributed by atoms with E-state index in [1.807, 2.05) is 24.3 Å². The molecule has 2 aromatic rings. The Morgan fingerprint density at radius 1 is 0.920 bits per heavy atom. The molecule has 2 aromatic carbocycles. The van der Waals surface area contributed by atoms with Gasteiger partial charge in [-0.15, -0.1) is 0 Å². The van der Waals surface area contributed by atoms with Gasteiger partial charge in [-0.25, -0.2) is 9.59 Å². The van der Waals surface area contributed by atoms with Crippen molar-refractivity contribution in [2.75, 3.05) is 6.61 Å². The van der Waals surface area contributed by atoms with Crippen LogP contribution in [0.3, 0.4) is 0 Å². The lowest BCUT2D eigenvalue weighted by molar-refractivity contribution is -0.130. The third-order valence-corrected chi connectivity index (χ3v) is 3.12. The van der Waals surface area contributed by atoms with Gasteiger partial charge in [-0.1, -0.05) is 43.5 Å². The summed E-state index contributed by atoms with van der Waals surface area (Å²) in [7, 11) is 0. The molecule has 0 aliphatic carbocycles. The summed E-state index contributed by atoms with van der Waals surface area (Å²) < 4.78 is 14.9. The standard InChI is InChI=1S/C20H18O5/c1-4-13-23-20(22)25-18-11-7-16(8-12-18)15-5-9-17(10-6-15)24-19(21)14(2)3/h4-12H,1-2,13H2,3H3. The molecule has 0 bridgehead atoms. The molecule has 0 radical (unpaired) electrons. The molecule has 0 spiro atoms. The average molecular weight is 338 g/mol. The number of carbonyl (C=O) groups is 2. The van der Waals surface area contributed by atoms with Crippen LogP contribution in [-0.2, 0) is 9.53 Å². The second-order valence-corrected chi connectivity index (χ2v) is 5.17. The quantitative estimate of drug-likeness (QED) is 0.254. The molecular weight excluding hydrogens is 320 g/mol. The Morgan fingerprint density at radius 2 is 1.40 bits per heavy atom. The van der Waals surface area contributed by atoms with Crippen LogP contribution in [0.4, 0.5) is 4.79 Å². The van der Waals surface area contributed by atoms with Gasteiger partial charge in [-0.05, 0) is 42.3 Å². The van der Waals surface area contributed by atoms with Crippen LogP contribution in [0.25, 0.3) is 11.1 Å². The Labute approximate surface area is 146 Å². The van der Waals surface area contributed by atoms with Crippen LogP contribution < -0.4 is 9.47 Å². The lowest BCUT2D eigenvalue weighted by Crippen LogP contribution is -2.10. The Morgan fingerprint density at radius 3 is 1.84 bits per heavy atom. The van der Waals surface area contributed by atoms with Crippen LogP contribution in [0.1, 0.15) is 6.92 Å². The fraction of sp³-hybridized carbons (Fsp3) is 0.100. The van der Waals surface area contributed by atoms with E-state index in [0.717, 1.165) is 11.1 Å². The average Bonchev–Trinajstić information content (AvgIpc) is 2.61. The molecule has 0 unspecified atom stereocenters. The molecular formula is C20H18O5. The van der Waals surface area contributed by atoms with Crippen molar-refractivity contribution in [3.63, 3.8) is 0 Å². The maximum absolute atomic E-state index is 11.5. The van der Waals surface area contributed by atoms with Crippen molar-refractivity contribution < 1.29 is 23.8 Å². The van der Waals surface area contributed by atoms with E-state index in [-0.39, 0.29) is 6.61 Å². The third kappa shape index (κ3) is 5.35. The van der Waals surface area contributed by atoms with Gasteiger partial charge in [0.1, 0.15) is 18.1 Å². The van der Waals surface area contributed by atoms with E-state index in [2.05, 4.69) is 13.2 Å². The smallest absolute Gasteiger partial charge is 0.430 e. The molecule has 25 heavy (non-hydrogen) atoms. The largest absolute Gasteiger partial charge is 0.514 e. The Kier molecular flexibility index (Phi) is 6.12. The lowest BCUT2D eigenvalue weighted by Gasteiger charge is -2.07. The molecule has 0 aliphatic rings. The molecule has 0 fully saturated rings. The van der Waals surface area contributed by atoms with E-state index in [1.54, 1.807) is 31.2 Å². The van der Waals surface area contributed by atoms with Crippen molar-refractivity contribution in [1.82, 2.24) is 0 Å². The predicted octanol–water partition coefficient (Wildman–Crippen LogP) is 4.54. The van der Waals surface area contributed by atoms with Crippen molar-refractivity contribution in [2.24, 2.45) is 0 Å². The summed E-state index contributed by atoms with van der Waals surface area (Å²) in [6, 6.07) is 14.0. The first kappa shape index (κ1) is 18.0. The van der Waals surface area contributed by atoms with E-state index < -0.39 is 12.1 Å². The summed E-state index contributed by atoms with van der Waals surface area (Å²) in [5, 5.41) is 0. The second-order valence-electron chi connectivity index (χ2n) is 5.17. The SMILES string of the molecule is C=CCOC(=O)Oc1ccc(-c2ccc(OC(=O)C(=C)C)cc2)cc1. The topological polar surface area (TPSA) is 61.8 Å².